The van der Waals surface area contributed by atoms with Gasteiger partial charge in [0.1, 0.15) is 0 Å². The molecule has 0 saturated carbocycles. The van der Waals surface area contributed by atoms with Crippen molar-refractivity contribution in [3.05, 3.63) is 58.6 Å². The zero-order valence-electron chi connectivity index (χ0n) is 12.1. The van der Waals surface area contributed by atoms with Crippen LogP contribution in [0.5, 0.6) is 0 Å². The lowest BCUT2D eigenvalue weighted by molar-refractivity contribution is 0.102. The molecule has 0 aliphatic carbocycles. The van der Waals surface area contributed by atoms with Crippen LogP contribution >= 0.6 is 11.6 Å². The second kappa shape index (κ2) is 6.61. The zero-order chi connectivity index (χ0) is 15.4. The molecule has 110 valence electrons. The van der Waals surface area contributed by atoms with Gasteiger partial charge in [0.15, 0.2) is 0 Å². The molecule has 0 aliphatic heterocycles. The molecule has 0 aliphatic rings. The summed E-state index contributed by atoms with van der Waals surface area (Å²) in [5.74, 6) is -0.177. The SMILES string of the molecule is CN(C)c1c(Cl)cccc1NC(=O)c1ccc(CN)cc1. The molecule has 1 amide bonds. The highest BCUT2D eigenvalue weighted by atomic mass is 35.5. The van der Waals surface area contributed by atoms with Gasteiger partial charge in [-0.25, -0.2) is 0 Å². The third-order valence-electron chi connectivity index (χ3n) is 3.13. The third kappa shape index (κ3) is 3.54. The van der Waals surface area contributed by atoms with Crippen LogP contribution in [0.15, 0.2) is 42.5 Å². The smallest absolute Gasteiger partial charge is 0.255 e. The van der Waals surface area contributed by atoms with Crippen LogP contribution in [-0.2, 0) is 6.54 Å². The van der Waals surface area contributed by atoms with Gasteiger partial charge in [-0.1, -0.05) is 29.8 Å². The van der Waals surface area contributed by atoms with Gasteiger partial charge in [0, 0.05) is 26.2 Å². The number of halogens is 1. The van der Waals surface area contributed by atoms with E-state index < -0.39 is 0 Å². The number of hydrogen-bond acceptors (Lipinski definition) is 3. The van der Waals surface area contributed by atoms with Crippen molar-refractivity contribution in [1.29, 1.82) is 0 Å². The van der Waals surface area contributed by atoms with E-state index in [9.17, 15) is 4.79 Å². The minimum Gasteiger partial charge on any atom is -0.375 e. The van der Waals surface area contributed by atoms with E-state index in [1.165, 1.54) is 0 Å². The second-order valence-electron chi connectivity index (χ2n) is 4.89. The van der Waals surface area contributed by atoms with E-state index in [2.05, 4.69) is 5.32 Å². The van der Waals surface area contributed by atoms with Gasteiger partial charge in [-0.05, 0) is 29.8 Å². The Morgan fingerprint density at radius 2 is 1.86 bits per heavy atom. The van der Waals surface area contributed by atoms with E-state index in [4.69, 9.17) is 17.3 Å². The Balaban J connectivity index is 2.25. The van der Waals surface area contributed by atoms with E-state index in [-0.39, 0.29) is 5.91 Å². The van der Waals surface area contributed by atoms with Crippen molar-refractivity contribution in [1.82, 2.24) is 0 Å². The Morgan fingerprint density at radius 1 is 1.19 bits per heavy atom. The first kappa shape index (κ1) is 15.4. The molecular formula is C16H18ClN3O. The van der Waals surface area contributed by atoms with Crippen molar-refractivity contribution in [3.8, 4) is 0 Å². The molecule has 0 bridgehead atoms. The summed E-state index contributed by atoms with van der Waals surface area (Å²) in [4.78, 5) is 14.2. The average Bonchev–Trinajstić information content (AvgIpc) is 2.47. The summed E-state index contributed by atoms with van der Waals surface area (Å²) in [6.07, 6.45) is 0. The van der Waals surface area contributed by atoms with Gasteiger partial charge in [0.05, 0.1) is 16.4 Å². The van der Waals surface area contributed by atoms with Crippen molar-refractivity contribution in [2.45, 2.75) is 6.54 Å². The third-order valence-corrected chi connectivity index (χ3v) is 3.44. The van der Waals surface area contributed by atoms with Crippen LogP contribution in [0.4, 0.5) is 11.4 Å². The molecule has 2 rings (SSSR count). The van der Waals surface area contributed by atoms with Crippen molar-refractivity contribution >= 4 is 28.9 Å². The fourth-order valence-corrected chi connectivity index (χ4v) is 2.40. The van der Waals surface area contributed by atoms with E-state index in [1.807, 2.05) is 43.3 Å². The summed E-state index contributed by atoms with van der Waals surface area (Å²) < 4.78 is 0. The number of carbonyl (C=O) groups is 1. The molecule has 0 atom stereocenters. The maximum Gasteiger partial charge on any atom is 0.255 e. The van der Waals surface area contributed by atoms with Gasteiger partial charge in [0.2, 0.25) is 0 Å². The van der Waals surface area contributed by atoms with E-state index in [1.54, 1.807) is 18.2 Å². The van der Waals surface area contributed by atoms with Crippen LogP contribution in [0.3, 0.4) is 0 Å². The van der Waals surface area contributed by atoms with E-state index in [0.717, 1.165) is 11.3 Å². The number of nitrogens with one attached hydrogen (secondary N) is 1. The molecule has 2 aromatic rings. The Morgan fingerprint density at radius 3 is 2.43 bits per heavy atom. The minimum absolute atomic E-state index is 0.177. The number of benzene rings is 2. The molecule has 0 unspecified atom stereocenters. The Hall–Kier alpha value is -2.04. The normalized spacial score (nSPS) is 10.3. The minimum atomic E-state index is -0.177. The molecule has 0 radical (unpaired) electrons. The molecule has 21 heavy (non-hydrogen) atoms. The maximum atomic E-state index is 12.3. The predicted octanol–water partition coefficient (Wildman–Crippen LogP) is 3.12. The van der Waals surface area contributed by atoms with Crippen LogP contribution in [0.1, 0.15) is 15.9 Å². The van der Waals surface area contributed by atoms with Crippen molar-refractivity contribution in [3.63, 3.8) is 0 Å². The molecule has 2 aromatic carbocycles. The van der Waals surface area contributed by atoms with E-state index in [0.29, 0.717) is 22.8 Å². The monoisotopic (exact) mass is 303 g/mol. The van der Waals surface area contributed by atoms with Crippen LogP contribution in [0.25, 0.3) is 0 Å². The standard InChI is InChI=1S/C16H18ClN3O/c1-20(2)15-13(17)4-3-5-14(15)19-16(21)12-8-6-11(10-18)7-9-12/h3-9H,10,18H2,1-2H3,(H,19,21). The number of carbonyl (C=O) groups excluding carboxylic acids is 1. The van der Waals surface area contributed by atoms with Crippen molar-refractivity contribution in [2.24, 2.45) is 5.73 Å². The Bertz CT molecular complexity index is 638. The lowest BCUT2D eigenvalue weighted by atomic mass is 10.1. The van der Waals surface area contributed by atoms with Gasteiger partial charge in [-0.2, -0.15) is 0 Å². The van der Waals surface area contributed by atoms with Crippen LogP contribution < -0.4 is 16.0 Å². The fourth-order valence-electron chi connectivity index (χ4n) is 2.06. The predicted molar refractivity (Wildman–Crippen MR) is 88.1 cm³/mol. The molecular weight excluding hydrogens is 286 g/mol. The molecule has 0 fully saturated rings. The quantitative estimate of drug-likeness (QED) is 0.912. The molecule has 3 N–H and O–H groups in total. The van der Waals surface area contributed by atoms with Crippen LogP contribution in [0.2, 0.25) is 5.02 Å². The number of nitrogens with zero attached hydrogens (tertiary/aromatic N) is 1. The largest absolute Gasteiger partial charge is 0.375 e. The average molecular weight is 304 g/mol. The first-order valence-corrected chi connectivity index (χ1v) is 6.97. The summed E-state index contributed by atoms with van der Waals surface area (Å²) in [5, 5.41) is 3.48. The Kier molecular flexibility index (Phi) is 4.83. The Labute approximate surface area is 129 Å². The number of para-hydroxylation sites is 1. The second-order valence-corrected chi connectivity index (χ2v) is 5.29. The van der Waals surface area contributed by atoms with E-state index >= 15 is 0 Å². The molecule has 0 heterocycles. The van der Waals surface area contributed by atoms with Gasteiger partial charge in [-0.3, -0.25) is 4.79 Å². The van der Waals surface area contributed by atoms with Crippen molar-refractivity contribution in [2.75, 3.05) is 24.3 Å². The number of hydrogen-bond donors (Lipinski definition) is 2. The van der Waals surface area contributed by atoms with Crippen LogP contribution in [0, 0.1) is 0 Å². The number of amides is 1. The lowest BCUT2D eigenvalue weighted by Crippen LogP contribution is -2.17. The number of rotatable bonds is 4. The maximum absolute atomic E-state index is 12.3. The molecule has 0 aromatic heterocycles. The van der Waals surface area contributed by atoms with Gasteiger partial charge in [-0.15, -0.1) is 0 Å². The molecule has 0 spiro atoms. The van der Waals surface area contributed by atoms with Crippen LogP contribution in [-0.4, -0.2) is 20.0 Å². The summed E-state index contributed by atoms with van der Waals surface area (Å²) in [5.41, 5.74) is 8.58. The fraction of sp³-hybridized carbons (Fsp3) is 0.188. The summed E-state index contributed by atoms with van der Waals surface area (Å²) >= 11 is 6.19. The zero-order valence-corrected chi connectivity index (χ0v) is 12.8. The molecule has 0 saturated heterocycles. The number of anilines is 2. The molecule has 5 heteroatoms. The first-order chi connectivity index (χ1) is 10.0. The summed E-state index contributed by atoms with van der Waals surface area (Å²) in [6.45, 7) is 0.459. The first-order valence-electron chi connectivity index (χ1n) is 6.59. The van der Waals surface area contributed by atoms with Crippen molar-refractivity contribution < 1.29 is 4.79 Å². The topological polar surface area (TPSA) is 58.4 Å². The highest BCUT2D eigenvalue weighted by molar-refractivity contribution is 6.34. The van der Waals surface area contributed by atoms with Gasteiger partial charge < -0.3 is 16.0 Å². The highest BCUT2D eigenvalue weighted by Gasteiger charge is 2.12. The summed E-state index contributed by atoms with van der Waals surface area (Å²) in [7, 11) is 3.76. The highest BCUT2D eigenvalue weighted by Crippen LogP contribution is 2.32. The van der Waals surface area contributed by atoms with Gasteiger partial charge >= 0.3 is 0 Å². The molecule has 4 nitrogen and oxygen atoms in total. The summed E-state index contributed by atoms with van der Waals surface area (Å²) in [6, 6.07) is 12.6. The van der Waals surface area contributed by atoms with Gasteiger partial charge in [0.25, 0.3) is 5.91 Å². The lowest BCUT2D eigenvalue weighted by Gasteiger charge is -2.19. The number of nitrogens with two attached hydrogens (primary N) is 1.